The van der Waals surface area contributed by atoms with Gasteiger partial charge in [-0.05, 0) is 36.1 Å². The maximum absolute atomic E-state index is 6.18. The average molecular weight is 293 g/mol. The standard InChI is InChI=1S/C15H21ClN4/c1-9(2)8-18-14-7-13(19-15(17)20-14)11-5-4-6-12(16)10(11)3/h4-7,9,13,18H,8H2,1-3H3,(H3,17,19,20). The molecule has 0 aliphatic carbocycles. The molecule has 20 heavy (non-hydrogen) atoms. The van der Waals surface area contributed by atoms with Gasteiger partial charge in [-0.15, -0.1) is 0 Å². The molecule has 1 aliphatic rings. The van der Waals surface area contributed by atoms with Gasteiger partial charge in [0.05, 0.1) is 0 Å². The summed E-state index contributed by atoms with van der Waals surface area (Å²) in [6.45, 7) is 7.20. The molecular formula is C15H21ClN4. The Hall–Kier alpha value is -1.68. The van der Waals surface area contributed by atoms with E-state index in [4.69, 9.17) is 17.3 Å². The minimum Gasteiger partial charge on any atom is -0.371 e. The monoisotopic (exact) mass is 292 g/mol. The number of halogens is 1. The Balaban J connectivity index is 2.25. The van der Waals surface area contributed by atoms with Gasteiger partial charge < -0.3 is 16.4 Å². The molecule has 1 aromatic carbocycles. The highest BCUT2D eigenvalue weighted by Gasteiger charge is 2.18. The van der Waals surface area contributed by atoms with Crippen molar-refractivity contribution in [3.8, 4) is 0 Å². The maximum atomic E-state index is 6.18. The van der Waals surface area contributed by atoms with Gasteiger partial charge in [0, 0.05) is 11.6 Å². The molecule has 0 saturated heterocycles. The van der Waals surface area contributed by atoms with Crippen molar-refractivity contribution < 1.29 is 0 Å². The van der Waals surface area contributed by atoms with Crippen LogP contribution in [0.1, 0.15) is 31.0 Å². The van der Waals surface area contributed by atoms with Crippen molar-refractivity contribution in [3.05, 3.63) is 46.2 Å². The van der Waals surface area contributed by atoms with Gasteiger partial charge in [-0.1, -0.05) is 37.6 Å². The summed E-state index contributed by atoms with van der Waals surface area (Å²) in [6, 6.07) is 5.75. The number of hydrogen-bond acceptors (Lipinski definition) is 4. The van der Waals surface area contributed by atoms with Crippen LogP contribution in [0.2, 0.25) is 5.02 Å². The highest BCUT2D eigenvalue weighted by Crippen LogP contribution is 2.28. The van der Waals surface area contributed by atoms with Gasteiger partial charge in [0.2, 0.25) is 0 Å². The number of guanidine groups is 1. The van der Waals surface area contributed by atoms with Crippen molar-refractivity contribution in [2.75, 3.05) is 6.54 Å². The van der Waals surface area contributed by atoms with Crippen LogP contribution in [0.3, 0.4) is 0 Å². The number of nitrogens with two attached hydrogens (primary N) is 1. The molecule has 0 bridgehead atoms. The zero-order valence-corrected chi connectivity index (χ0v) is 12.8. The molecule has 1 aliphatic heterocycles. The summed E-state index contributed by atoms with van der Waals surface area (Å²) >= 11 is 6.18. The fourth-order valence-electron chi connectivity index (χ4n) is 2.08. The smallest absolute Gasteiger partial charge is 0.195 e. The number of hydrogen-bond donors (Lipinski definition) is 3. The topological polar surface area (TPSA) is 62.4 Å². The fourth-order valence-corrected chi connectivity index (χ4v) is 2.26. The first-order chi connectivity index (χ1) is 9.47. The Labute approximate surface area is 125 Å². The third-order valence-electron chi connectivity index (χ3n) is 3.19. The quantitative estimate of drug-likeness (QED) is 0.799. The number of nitrogens with one attached hydrogen (secondary N) is 2. The molecule has 4 N–H and O–H groups in total. The molecular weight excluding hydrogens is 272 g/mol. The van der Waals surface area contributed by atoms with Gasteiger partial charge in [-0.3, -0.25) is 0 Å². The molecule has 2 rings (SSSR count). The Bertz CT molecular complexity index is 549. The lowest BCUT2D eigenvalue weighted by molar-refractivity contribution is 0.579. The van der Waals surface area contributed by atoms with Crippen molar-refractivity contribution in [2.24, 2.45) is 16.6 Å². The number of nitrogens with zero attached hydrogens (tertiary/aromatic N) is 1. The zero-order chi connectivity index (χ0) is 14.7. The van der Waals surface area contributed by atoms with E-state index in [2.05, 4.69) is 29.5 Å². The third-order valence-corrected chi connectivity index (χ3v) is 3.60. The summed E-state index contributed by atoms with van der Waals surface area (Å²) in [5, 5.41) is 7.14. The molecule has 0 spiro atoms. The SMILES string of the molecule is Cc1c(Cl)cccc1C1C=C(NCC(C)C)NC(N)=N1. The van der Waals surface area contributed by atoms with E-state index in [1.165, 1.54) is 0 Å². The molecule has 1 aromatic rings. The van der Waals surface area contributed by atoms with Gasteiger partial charge in [0.1, 0.15) is 11.9 Å². The number of aliphatic imine (C=N–C) groups is 1. The molecule has 0 saturated carbocycles. The van der Waals surface area contributed by atoms with Crippen molar-refractivity contribution >= 4 is 17.6 Å². The van der Waals surface area contributed by atoms with Crippen LogP contribution in [0.25, 0.3) is 0 Å². The van der Waals surface area contributed by atoms with Gasteiger partial charge in [-0.25, -0.2) is 4.99 Å². The molecule has 0 fully saturated rings. The summed E-state index contributed by atoms with van der Waals surface area (Å²) in [6.07, 6.45) is 2.04. The Morgan fingerprint density at radius 1 is 1.45 bits per heavy atom. The number of rotatable bonds is 4. The molecule has 5 heteroatoms. The lowest BCUT2D eigenvalue weighted by atomic mass is 10.0. The van der Waals surface area contributed by atoms with E-state index >= 15 is 0 Å². The highest BCUT2D eigenvalue weighted by molar-refractivity contribution is 6.31. The lowest BCUT2D eigenvalue weighted by Gasteiger charge is -2.23. The van der Waals surface area contributed by atoms with Crippen LogP contribution in [0, 0.1) is 12.8 Å². The molecule has 0 amide bonds. The molecule has 1 unspecified atom stereocenters. The number of benzene rings is 1. The van der Waals surface area contributed by atoms with Crippen LogP contribution in [0.15, 0.2) is 35.1 Å². The van der Waals surface area contributed by atoms with Crippen LogP contribution < -0.4 is 16.4 Å². The van der Waals surface area contributed by atoms with Crippen molar-refractivity contribution in [1.29, 1.82) is 0 Å². The van der Waals surface area contributed by atoms with Crippen LogP contribution in [0.5, 0.6) is 0 Å². The van der Waals surface area contributed by atoms with Gasteiger partial charge in [0.25, 0.3) is 0 Å². The van der Waals surface area contributed by atoms with E-state index in [0.29, 0.717) is 11.9 Å². The van der Waals surface area contributed by atoms with Crippen LogP contribution in [-0.2, 0) is 0 Å². The van der Waals surface area contributed by atoms with E-state index in [1.54, 1.807) is 0 Å². The van der Waals surface area contributed by atoms with E-state index in [0.717, 1.165) is 28.5 Å². The predicted octanol–water partition coefficient (Wildman–Crippen LogP) is 2.69. The first-order valence-electron chi connectivity index (χ1n) is 6.78. The first-order valence-corrected chi connectivity index (χ1v) is 7.16. The van der Waals surface area contributed by atoms with Crippen molar-refractivity contribution in [2.45, 2.75) is 26.8 Å². The summed E-state index contributed by atoms with van der Waals surface area (Å²) in [7, 11) is 0. The third kappa shape index (κ3) is 3.45. The Kier molecular flexibility index (Phi) is 4.55. The second-order valence-electron chi connectivity index (χ2n) is 5.39. The Morgan fingerprint density at radius 3 is 2.90 bits per heavy atom. The normalized spacial score (nSPS) is 18.4. The van der Waals surface area contributed by atoms with Crippen LogP contribution in [0.4, 0.5) is 0 Å². The minimum atomic E-state index is -0.107. The zero-order valence-electron chi connectivity index (χ0n) is 12.1. The summed E-state index contributed by atoms with van der Waals surface area (Å²) in [5.41, 5.74) is 7.99. The lowest BCUT2D eigenvalue weighted by Crippen LogP contribution is -2.40. The average Bonchev–Trinajstić information content (AvgIpc) is 2.39. The van der Waals surface area contributed by atoms with Crippen LogP contribution >= 0.6 is 11.6 Å². The largest absolute Gasteiger partial charge is 0.371 e. The van der Waals surface area contributed by atoms with Gasteiger partial charge >= 0.3 is 0 Å². The summed E-state index contributed by atoms with van der Waals surface area (Å²) < 4.78 is 0. The van der Waals surface area contributed by atoms with Crippen molar-refractivity contribution in [3.63, 3.8) is 0 Å². The maximum Gasteiger partial charge on any atom is 0.195 e. The van der Waals surface area contributed by atoms with E-state index in [-0.39, 0.29) is 6.04 Å². The molecule has 1 atom stereocenters. The predicted molar refractivity (Wildman–Crippen MR) is 84.6 cm³/mol. The molecule has 0 radical (unpaired) electrons. The van der Waals surface area contributed by atoms with Gasteiger partial charge in [0.15, 0.2) is 5.96 Å². The van der Waals surface area contributed by atoms with E-state index < -0.39 is 0 Å². The first kappa shape index (κ1) is 14.7. The van der Waals surface area contributed by atoms with Gasteiger partial charge in [-0.2, -0.15) is 0 Å². The molecule has 108 valence electrons. The second kappa shape index (κ2) is 6.18. The van der Waals surface area contributed by atoms with Crippen LogP contribution in [-0.4, -0.2) is 12.5 Å². The Morgan fingerprint density at radius 2 is 2.20 bits per heavy atom. The minimum absolute atomic E-state index is 0.107. The molecule has 0 aromatic heterocycles. The summed E-state index contributed by atoms with van der Waals surface area (Å²) in [5.74, 6) is 1.88. The second-order valence-corrected chi connectivity index (χ2v) is 5.80. The van der Waals surface area contributed by atoms with E-state index in [1.807, 2.05) is 31.2 Å². The van der Waals surface area contributed by atoms with E-state index in [9.17, 15) is 0 Å². The fraction of sp³-hybridized carbons (Fsp3) is 0.400. The molecule has 1 heterocycles. The molecule has 4 nitrogen and oxygen atoms in total. The summed E-state index contributed by atoms with van der Waals surface area (Å²) in [4.78, 5) is 4.44. The van der Waals surface area contributed by atoms with Crippen molar-refractivity contribution in [1.82, 2.24) is 10.6 Å². The highest BCUT2D eigenvalue weighted by atomic mass is 35.5.